The van der Waals surface area contributed by atoms with Gasteiger partial charge >= 0.3 is 0 Å². The molecule has 0 aliphatic carbocycles. The van der Waals surface area contributed by atoms with E-state index in [4.69, 9.17) is 0 Å². The molecule has 0 saturated carbocycles. The van der Waals surface area contributed by atoms with Crippen molar-refractivity contribution < 1.29 is 14.0 Å². The van der Waals surface area contributed by atoms with Crippen molar-refractivity contribution in [2.45, 2.75) is 26.4 Å². The Morgan fingerprint density at radius 2 is 1.87 bits per heavy atom. The van der Waals surface area contributed by atoms with Gasteiger partial charge in [0, 0.05) is 12.1 Å². The minimum atomic E-state index is -0.799. The average Bonchev–Trinajstić information content (AvgIpc) is 2.88. The highest BCUT2D eigenvalue weighted by atomic mass is 19.1. The molecule has 1 atom stereocenters. The highest BCUT2D eigenvalue weighted by Gasteiger charge is 2.32. The molecule has 1 aliphatic rings. The maximum absolute atomic E-state index is 14.0. The molecule has 2 N–H and O–H groups in total. The summed E-state index contributed by atoms with van der Waals surface area (Å²) in [5, 5.41) is 6.06. The summed E-state index contributed by atoms with van der Waals surface area (Å²) in [6.45, 7) is 4.26. The largest absolute Gasteiger partial charge is 0.381 e. The van der Waals surface area contributed by atoms with E-state index < -0.39 is 11.9 Å². The zero-order valence-electron chi connectivity index (χ0n) is 17.5. The van der Waals surface area contributed by atoms with Gasteiger partial charge in [-0.15, -0.1) is 0 Å². The number of fused-ring (bicyclic) bond motifs is 1. The van der Waals surface area contributed by atoms with Crippen molar-refractivity contribution in [3.05, 3.63) is 94.8 Å². The molecule has 6 heteroatoms. The molecule has 0 bridgehead atoms. The molecule has 1 heterocycles. The topological polar surface area (TPSA) is 61.4 Å². The lowest BCUT2D eigenvalue weighted by atomic mass is 10.0. The summed E-state index contributed by atoms with van der Waals surface area (Å²) in [5.74, 6) is -1.03. The van der Waals surface area contributed by atoms with Gasteiger partial charge in [-0.3, -0.25) is 9.59 Å². The van der Waals surface area contributed by atoms with E-state index in [1.807, 2.05) is 62.4 Å². The normalized spacial score (nSPS) is 15.6. The molecule has 3 aromatic rings. The van der Waals surface area contributed by atoms with E-state index >= 15 is 0 Å². The molecule has 31 heavy (non-hydrogen) atoms. The summed E-state index contributed by atoms with van der Waals surface area (Å²) < 4.78 is 14.0. The Labute approximate surface area is 180 Å². The van der Waals surface area contributed by atoms with Gasteiger partial charge in [-0.2, -0.15) is 0 Å². The highest BCUT2D eigenvalue weighted by Crippen LogP contribution is 2.31. The zero-order chi connectivity index (χ0) is 22.0. The van der Waals surface area contributed by atoms with Crippen LogP contribution in [0.5, 0.6) is 0 Å². The number of nitrogens with one attached hydrogen (secondary N) is 2. The van der Waals surface area contributed by atoms with E-state index in [2.05, 4.69) is 10.6 Å². The molecule has 4 rings (SSSR count). The van der Waals surface area contributed by atoms with Crippen LogP contribution in [-0.4, -0.2) is 24.4 Å². The number of halogens is 1. The molecule has 0 spiro atoms. The van der Waals surface area contributed by atoms with Gasteiger partial charge in [0.15, 0.2) is 0 Å². The molecular weight excluding hydrogens is 393 g/mol. The molecule has 0 fully saturated rings. The average molecular weight is 417 g/mol. The van der Waals surface area contributed by atoms with Crippen molar-refractivity contribution in [2.75, 3.05) is 16.8 Å². The van der Waals surface area contributed by atoms with Crippen LogP contribution in [-0.2, 0) is 11.3 Å². The first kappa shape index (κ1) is 20.6. The van der Waals surface area contributed by atoms with Gasteiger partial charge in [0.1, 0.15) is 11.9 Å². The number of hydrogen-bond acceptors (Lipinski definition) is 3. The second-order valence-electron chi connectivity index (χ2n) is 7.80. The molecule has 3 aromatic carbocycles. The van der Waals surface area contributed by atoms with E-state index in [1.54, 1.807) is 6.07 Å². The number of carbonyl (C=O) groups excluding carboxylic acids is 2. The van der Waals surface area contributed by atoms with E-state index in [9.17, 15) is 14.0 Å². The number of benzene rings is 3. The van der Waals surface area contributed by atoms with Crippen LogP contribution in [0.2, 0.25) is 0 Å². The fraction of sp³-hybridized carbons (Fsp3) is 0.200. The molecule has 158 valence electrons. The summed E-state index contributed by atoms with van der Waals surface area (Å²) in [4.78, 5) is 28.0. The number of nitrogens with zero attached hydrogens (tertiary/aromatic N) is 1. The summed E-state index contributed by atoms with van der Waals surface area (Å²) in [5.41, 5.74) is 4.35. The molecule has 2 amide bonds. The zero-order valence-corrected chi connectivity index (χ0v) is 17.5. The van der Waals surface area contributed by atoms with Crippen molar-refractivity contribution in [1.29, 1.82) is 0 Å². The SMILES string of the molecule is Cc1ccc(C)c(C(=O)N[C@H]2CNc3ccc(F)cc3N(Cc3ccccc3)C2=O)c1. The fourth-order valence-electron chi connectivity index (χ4n) is 3.74. The van der Waals surface area contributed by atoms with Crippen molar-refractivity contribution in [1.82, 2.24) is 5.32 Å². The van der Waals surface area contributed by atoms with Gasteiger partial charge in [-0.05, 0) is 49.2 Å². The van der Waals surface area contributed by atoms with Crippen LogP contribution in [0.15, 0.2) is 66.7 Å². The van der Waals surface area contributed by atoms with Gasteiger partial charge in [-0.25, -0.2) is 4.39 Å². The smallest absolute Gasteiger partial charge is 0.252 e. The third-order valence-corrected chi connectivity index (χ3v) is 5.44. The van der Waals surface area contributed by atoms with Gasteiger partial charge < -0.3 is 15.5 Å². The standard InChI is InChI=1S/C25H24FN3O2/c1-16-8-9-17(2)20(12-16)24(30)28-22-14-27-21-11-10-19(26)13-23(21)29(25(22)31)15-18-6-4-3-5-7-18/h3-13,22,27H,14-15H2,1-2H3,(H,28,30)/t22-/m0/s1. The van der Waals surface area contributed by atoms with Crippen molar-refractivity contribution >= 4 is 23.2 Å². The first-order valence-electron chi connectivity index (χ1n) is 10.2. The second kappa shape index (κ2) is 8.60. The number of anilines is 2. The van der Waals surface area contributed by atoms with Crippen LogP contribution >= 0.6 is 0 Å². The number of rotatable bonds is 4. The van der Waals surface area contributed by atoms with Crippen molar-refractivity contribution in [3.8, 4) is 0 Å². The predicted molar refractivity (Wildman–Crippen MR) is 120 cm³/mol. The van der Waals surface area contributed by atoms with Gasteiger partial charge in [-0.1, -0.05) is 48.0 Å². The molecule has 0 aromatic heterocycles. The maximum atomic E-state index is 14.0. The van der Waals surface area contributed by atoms with Crippen LogP contribution in [0, 0.1) is 19.7 Å². The Hall–Kier alpha value is -3.67. The fourth-order valence-corrected chi connectivity index (χ4v) is 3.74. The summed E-state index contributed by atoms with van der Waals surface area (Å²) >= 11 is 0. The third-order valence-electron chi connectivity index (χ3n) is 5.44. The van der Waals surface area contributed by atoms with Crippen LogP contribution in [0.4, 0.5) is 15.8 Å². The lowest BCUT2D eigenvalue weighted by molar-refractivity contribution is -0.120. The molecular formula is C25H24FN3O2. The first-order chi connectivity index (χ1) is 14.9. The van der Waals surface area contributed by atoms with Crippen LogP contribution in [0.25, 0.3) is 0 Å². The lowest BCUT2D eigenvalue weighted by Gasteiger charge is -2.26. The number of aryl methyl sites for hydroxylation is 2. The van der Waals surface area contributed by atoms with Crippen LogP contribution in [0.3, 0.4) is 0 Å². The number of carbonyl (C=O) groups is 2. The summed E-state index contributed by atoms with van der Waals surface area (Å²) in [6.07, 6.45) is 0. The number of hydrogen-bond donors (Lipinski definition) is 2. The quantitative estimate of drug-likeness (QED) is 0.669. The van der Waals surface area contributed by atoms with E-state index in [0.717, 1.165) is 16.7 Å². The van der Waals surface area contributed by atoms with E-state index in [-0.39, 0.29) is 24.9 Å². The molecule has 1 aliphatic heterocycles. The summed E-state index contributed by atoms with van der Waals surface area (Å²) in [6, 6.07) is 18.7. The minimum absolute atomic E-state index is 0.208. The molecule has 0 saturated heterocycles. The molecule has 0 radical (unpaired) electrons. The van der Waals surface area contributed by atoms with Crippen LogP contribution in [0.1, 0.15) is 27.0 Å². The van der Waals surface area contributed by atoms with Gasteiger partial charge in [0.25, 0.3) is 11.8 Å². The maximum Gasteiger partial charge on any atom is 0.252 e. The summed E-state index contributed by atoms with van der Waals surface area (Å²) in [7, 11) is 0. The van der Waals surface area contributed by atoms with Gasteiger partial charge in [0.2, 0.25) is 0 Å². The Bertz CT molecular complexity index is 1130. The third kappa shape index (κ3) is 4.43. The van der Waals surface area contributed by atoms with Crippen molar-refractivity contribution in [3.63, 3.8) is 0 Å². The Morgan fingerprint density at radius 1 is 1.10 bits per heavy atom. The van der Waals surface area contributed by atoms with Gasteiger partial charge in [0.05, 0.1) is 17.9 Å². The number of amides is 2. The lowest BCUT2D eigenvalue weighted by Crippen LogP contribution is -2.50. The Balaban J connectivity index is 1.65. The van der Waals surface area contributed by atoms with E-state index in [1.165, 1.54) is 17.0 Å². The molecule has 0 unspecified atom stereocenters. The predicted octanol–water partition coefficient (Wildman–Crippen LogP) is 4.20. The van der Waals surface area contributed by atoms with E-state index in [0.29, 0.717) is 16.9 Å². The monoisotopic (exact) mass is 417 g/mol. The Morgan fingerprint density at radius 3 is 2.65 bits per heavy atom. The first-order valence-corrected chi connectivity index (χ1v) is 10.2. The minimum Gasteiger partial charge on any atom is -0.381 e. The highest BCUT2D eigenvalue weighted by molar-refractivity contribution is 6.05. The molecule has 5 nitrogen and oxygen atoms in total. The van der Waals surface area contributed by atoms with Crippen molar-refractivity contribution in [2.24, 2.45) is 0 Å². The Kier molecular flexibility index (Phi) is 5.71. The second-order valence-corrected chi connectivity index (χ2v) is 7.80. The van der Waals surface area contributed by atoms with Crippen LogP contribution < -0.4 is 15.5 Å².